The molecule has 0 aliphatic carbocycles. The fourth-order valence-electron chi connectivity index (χ4n) is 4.62. The number of nitrogens with zero attached hydrogens (tertiary/aromatic N) is 4. The molecule has 2 aromatic heterocycles. The minimum Gasteiger partial charge on any atom is -0.476 e. The van der Waals surface area contributed by atoms with E-state index in [4.69, 9.17) is 4.74 Å². The third-order valence-corrected chi connectivity index (χ3v) is 8.40. The highest BCUT2D eigenvalue weighted by atomic mass is 32.2. The summed E-state index contributed by atoms with van der Waals surface area (Å²) >= 11 is 0. The third kappa shape index (κ3) is 6.51. The van der Waals surface area contributed by atoms with Crippen LogP contribution in [0.15, 0.2) is 47.5 Å². The van der Waals surface area contributed by atoms with E-state index in [2.05, 4.69) is 28.3 Å². The summed E-state index contributed by atoms with van der Waals surface area (Å²) in [5.41, 5.74) is -2.15. The van der Waals surface area contributed by atoms with Crippen molar-refractivity contribution in [3.8, 4) is 11.7 Å². The highest BCUT2D eigenvalue weighted by Crippen LogP contribution is 2.39. The topological polar surface area (TPSA) is 106 Å². The van der Waals surface area contributed by atoms with Crippen LogP contribution in [0.25, 0.3) is 5.82 Å². The molecule has 3 rings (SSSR count). The molecule has 9 nitrogen and oxygen atoms in total. The number of anilines is 1. The lowest BCUT2D eigenvalue weighted by Gasteiger charge is -2.34. The van der Waals surface area contributed by atoms with Gasteiger partial charge >= 0.3 is 6.18 Å². The van der Waals surface area contributed by atoms with Gasteiger partial charge in [0.05, 0.1) is 15.9 Å². The molecular weight excluding hydrogens is 547 g/mol. The smallest absolute Gasteiger partial charge is 0.397 e. The third-order valence-electron chi connectivity index (χ3n) is 6.78. The maximum Gasteiger partial charge on any atom is 0.397 e. The predicted molar refractivity (Wildman–Crippen MR) is 147 cm³/mol. The average Bonchev–Trinajstić information content (AvgIpc) is 3.39. The Kier molecular flexibility index (Phi) is 8.50. The number of aromatic nitrogens is 3. The zero-order chi connectivity index (χ0) is 30.3. The van der Waals surface area contributed by atoms with E-state index < -0.39 is 39.7 Å². The second-order valence-corrected chi connectivity index (χ2v) is 13.1. The van der Waals surface area contributed by atoms with Crippen molar-refractivity contribution < 1.29 is 31.1 Å². The molecule has 1 saturated heterocycles. The van der Waals surface area contributed by atoms with Crippen molar-refractivity contribution in [3.05, 3.63) is 53.1 Å². The van der Waals surface area contributed by atoms with Crippen LogP contribution in [0, 0.1) is 11.3 Å². The first-order valence-electron chi connectivity index (χ1n) is 12.7. The maximum atomic E-state index is 13.3. The number of hydrogen-bond donors (Lipinski definition) is 1. The summed E-state index contributed by atoms with van der Waals surface area (Å²) in [7, 11) is -4.19. The fourth-order valence-corrected chi connectivity index (χ4v) is 5.85. The van der Waals surface area contributed by atoms with E-state index in [1.807, 2.05) is 18.7 Å². The van der Waals surface area contributed by atoms with E-state index in [1.54, 1.807) is 0 Å². The van der Waals surface area contributed by atoms with E-state index in [9.17, 15) is 26.4 Å². The van der Waals surface area contributed by atoms with Gasteiger partial charge in [0.25, 0.3) is 15.9 Å². The molecule has 1 amide bonds. The van der Waals surface area contributed by atoms with Gasteiger partial charge in [-0.05, 0) is 71.6 Å². The monoisotopic (exact) mass is 583 g/mol. The normalized spacial score (nSPS) is 18.1. The summed E-state index contributed by atoms with van der Waals surface area (Å²) in [4.78, 5) is 19.9. The highest BCUT2D eigenvalue weighted by Gasteiger charge is 2.48. The molecule has 0 spiro atoms. The lowest BCUT2D eigenvalue weighted by atomic mass is 9.94. The summed E-state index contributed by atoms with van der Waals surface area (Å²) in [6.07, 6.45) is -0.799. The van der Waals surface area contributed by atoms with Crippen LogP contribution in [0.5, 0.6) is 5.88 Å². The number of carbonyl (C=O) groups excluding carboxylic acids is 1. The average molecular weight is 584 g/mol. The van der Waals surface area contributed by atoms with Crippen LogP contribution >= 0.6 is 0 Å². The molecule has 3 heterocycles. The number of alkyl halides is 3. The number of pyridine rings is 1. The van der Waals surface area contributed by atoms with Gasteiger partial charge in [0.1, 0.15) is 12.4 Å². The number of hydrogen-bond acceptors (Lipinski definition) is 7. The number of sulfonamides is 1. The predicted octanol–water partition coefficient (Wildman–Crippen LogP) is 5.40. The van der Waals surface area contributed by atoms with Crippen LogP contribution in [0.4, 0.5) is 19.0 Å². The minimum atomic E-state index is -4.45. The Morgan fingerprint density at radius 3 is 2.45 bits per heavy atom. The molecule has 220 valence electrons. The largest absolute Gasteiger partial charge is 0.476 e. The number of nitrogens with one attached hydrogen (secondary N) is 1. The fraction of sp³-hybridized carbons (Fsp3) is 0.519. The van der Waals surface area contributed by atoms with Crippen LogP contribution in [-0.4, -0.2) is 54.0 Å². The van der Waals surface area contributed by atoms with E-state index in [0.717, 1.165) is 20.3 Å². The number of allylic oxidation sites excluding steroid dienone is 2. The van der Waals surface area contributed by atoms with Crippen molar-refractivity contribution in [1.29, 1.82) is 0 Å². The molecule has 0 aromatic carbocycles. The molecule has 1 fully saturated rings. The Bertz CT molecular complexity index is 1430. The molecule has 1 N–H and O–H groups in total. The summed E-state index contributed by atoms with van der Waals surface area (Å²) in [6, 6.07) is 4.34. The van der Waals surface area contributed by atoms with Gasteiger partial charge in [0.2, 0.25) is 5.88 Å². The van der Waals surface area contributed by atoms with Crippen molar-refractivity contribution in [2.45, 2.75) is 66.6 Å². The van der Waals surface area contributed by atoms with E-state index in [0.29, 0.717) is 6.54 Å². The van der Waals surface area contributed by atoms with Gasteiger partial charge in [0.15, 0.2) is 5.82 Å². The van der Waals surface area contributed by atoms with Gasteiger partial charge in [0, 0.05) is 24.3 Å². The zero-order valence-corrected chi connectivity index (χ0v) is 24.6. The lowest BCUT2D eigenvalue weighted by molar-refractivity contribution is -0.219. The summed E-state index contributed by atoms with van der Waals surface area (Å²) in [6.45, 7) is 14.8. The lowest BCUT2D eigenvalue weighted by Crippen LogP contribution is -2.41. The van der Waals surface area contributed by atoms with Gasteiger partial charge in [-0.2, -0.15) is 13.2 Å². The Morgan fingerprint density at radius 2 is 1.93 bits per heavy atom. The summed E-state index contributed by atoms with van der Waals surface area (Å²) < 4.78 is 74.1. The van der Waals surface area contributed by atoms with Gasteiger partial charge in [-0.3, -0.25) is 4.79 Å². The zero-order valence-electron chi connectivity index (χ0n) is 23.8. The Hall–Kier alpha value is -3.35. The Labute approximate surface area is 233 Å². The van der Waals surface area contributed by atoms with Crippen molar-refractivity contribution in [1.82, 2.24) is 19.5 Å². The second-order valence-electron chi connectivity index (χ2n) is 11.4. The second kappa shape index (κ2) is 10.9. The molecule has 0 radical (unpaired) electrons. The van der Waals surface area contributed by atoms with Crippen LogP contribution < -0.4 is 14.4 Å². The molecular formula is C27H36F3N5O4S. The van der Waals surface area contributed by atoms with Crippen molar-refractivity contribution in [2.75, 3.05) is 18.1 Å². The van der Waals surface area contributed by atoms with Gasteiger partial charge in [-0.25, -0.2) is 22.8 Å². The summed E-state index contributed by atoms with van der Waals surface area (Å²) in [5.74, 6) is -0.0788. The maximum absolute atomic E-state index is 13.3. The van der Waals surface area contributed by atoms with Crippen molar-refractivity contribution in [3.63, 3.8) is 0 Å². The van der Waals surface area contributed by atoms with Crippen molar-refractivity contribution >= 4 is 21.7 Å². The number of halogens is 3. The summed E-state index contributed by atoms with van der Waals surface area (Å²) in [5, 5.41) is 4.20. The molecule has 40 heavy (non-hydrogen) atoms. The van der Waals surface area contributed by atoms with Crippen LogP contribution in [0.3, 0.4) is 0 Å². The molecule has 1 aliphatic rings. The van der Waals surface area contributed by atoms with E-state index in [-0.39, 0.29) is 39.5 Å². The van der Waals surface area contributed by atoms with Gasteiger partial charge in [-0.1, -0.05) is 19.6 Å². The number of amides is 1. The minimum absolute atomic E-state index is 0.0256. The Morgan fingerprint density at radius 1 is 1.27 bits per heavy atom. The first-order chi connectivity index (χ1) is 18.3. The van der Waals surface area contributed by atoms with Crippen LogP contribution in [-0.2, 0) is 10.0 Å². The molecule has 1 aliphatic heterocycles. The Balaban J connectivity index is 2.00. The van der Waals surface area contributed by atoms with Crippen LogP contribution in [0.1, 0.15) is 65.2 Å². The van der Waals surface area contributed by atoms with E-state index >= 15 is 0 Å². The van der Waals surface area contributed by atoms with Crippen LogP contribution in [0.2, 0.25) is 0 Å². The number of ether oxygens (including phenoxy) is 1. The molecule has 2 aromatic rings. The molecule has 0 saturated carbocycles. The number of rotatable bonds is 9. The van der Waals surface area contributed by atoms with Crippen molar-refractivity contribution in [2.24, 2.45) is 11.3 Å². The first-order valence-corrected chi connectivity index (χ1v) is 14.2. The highest BCUT2D eigenvalue weighted by molar-refractivity contribution is 7.94. The molecule has 13 heteroatoms. The van der Waals surface area contributed by atoms with Gasteiger partial charge < -0.3 is 9.64 Å². The number of carbonyl (C=O) groups is 1. The van der Waals surface area contributed by atoms with Gasteiger partial charge in [-0.15, -0.1) is 5.10 Å². The van der Waals surface area contributed by atoms with E-state index in [1.165, 1.54) is 49.0 Å². The molecule has 0 unspecified atom stereocenters. The molecule has 1 atom stereocenters. The SMILES string of the molecule is C=C(C)/C(=C\C)S(=O)(=O)NC(=O)c1ccc(-n2ccc(OCC(C)(C)C(F)(F)F)n2)nc1N1C[C@@H](C)CC1(C)C. The standard InChI is InChI=1S/C27H36F3N5O4S/c1-9-20(17(2)3)40(37,38)33-24(36)19-10-11-21(31-23(19)34-15-18(4)14-26(34,7)8)35-13-12-22(32-35)39-16-25(5,6)27(28,29)30/h9-13,18H,2,14-16H2,1,3-8H3,(H,33,36)/b20-9+/t18-/m0/s1. The quantitative estimate of drug-likeness (QED) is 0.394. The molecule has 0 bridgehead atoms. The first kappa shape index (κ1) is 31.2.